The number of halogens is 1. The van der Waals surface area contributed by atoms with Gasteiger partial charge in [-0.3, -0.25) is 9.11 Å². The Morgan fingerprint density at radius 1 is 0.808 bits per heavy atom. The lowest BCUT2D eigenvalue weighted by Gasteiger charge is -2.44. The van der Waals surface area contributed by atoms with Gasteiger partial charge in [0.05, 0.1) is 22.1 Å². The lowest BCUT2D eigenvalue weighted by Crippen LogP contribution is -2.54. The van der Waals surface area contributed by atoms with Gasteiger partial charge in [0.25, 0.3) is 0 Å². The molecule has 1 atom stereocenters. The van der Waals surface area contributed by atoms with Crippen molar-refractivity contribution in [3.8, 4) is 0 Å². The molecule has 1 aliphatic rings. The topological polar surface area (TPSA) is 20.3 Å². The van der Waals surface area contributed by atoms with Crippen molar-refractivity contribution in [3.63, 3.8) is 0 Å². The van der Waals surface area contributed by atoms with Crippen LogP contribution in [0.5, 0.6) is 0 Å². The molecule has 0 aromatic heterocycles. The summed E-state index contributed by atoms with van der Waals surface area (Å²) in [5.41, 5.74) is 2.55. The first-order chi connectivity index (χ1) is 12.7. The van der Waals surface area contributed by atoms with Crippen LogP contribution in [0.3, 0.4) is 0 Å². The van der Waals surface area contributed by atoms with Crippen LogP contribution >= 0.6 is 11.6 Å². The van der Waals surface area contributed by atoms with Gasteiger partial charge < -0.3 is 0 Å². The molecule has 0 amide bonds. The quantitative estimate of drug-likeness (QED) is 0.625. The van der Waals surface area contributed by atoms with Crippen LogP contribution in [0.4, 0.5) is 0 Å². The first kappa shape index (κ1) is 17.5. The summed E-state index contributed by atoms with van der Waals surface area (Å²) in [5, 5.41) is 0.834. The number of hydrogen-bond acceptors (Lipinski definition) is 2. The molecular weight excluding hydrogens is 362 g/mol. The van der Waals surface area contributed by atoms with E-state index in [2.05, 4.69) is 53.4 Å². The summed E-state index contributed by atoms with van der Waals surface area (Å²) in [6, 6.07) is 28.6. The normalized spacial score (nSPS) is 16.4. The van der Waals surface area contributed by atoms with Gasteiger partial charge in [-0.1, -0.05) is 72.3 Å². The van der Waals surface area contributed by atoms with Gasteiger partial charge in [0.1, 0.15) is 0 Å². The van der Waals surface area contributed by atoms with Crippen molar-refractivity contribution in [2.24, 2.45) is 0 Å². The van der Waals surface area contributed by atoms with Crippen LogP contribution in [0.25, 0.3) is 0 Å². The Labute approximate surface area is 161 Å². The van der Waals surface area contributed by atoms with Gasteiger partial charge in [-0.15, -0.1) is 0 Å². The van der Waals surface area contributed by atoms with E-state index < -0.39 is 10.8 Å². The maximum Gasteiger partial charge on any atom is 0.0649 e. The Balaban J connectivity index is 1.53. The largest absolute Gasteiger partial charge is 0.290 e. The fraction of sp³-hybridized carbons (Fsp3) is 0.182. The average molecular weight is 382 g/mol. The summed E-state index contributed by atoms with van der Waals surface area (Å²) < 4.78 is 12.8. The summed E-state index contributed by atoms with van der Waals surface area (Å²) in [7, 11) is -1.000. The van der Waals surface area contributed by atoms with Gasteiger partial charge in [-0.2, -0.15) is 0 Å². The average Bonchev–Trinajstić information content (AvgIpc) is 2.66. The zero-order chi connectivity index (χ0) is 17.9. The van der Waals surface area contributed by atoms with E-state index >= 15 is 0 Å². The minimum atomic E-state index is -1.000. The van der Waals surface area contributed by atoms with Gasteiger partial charge in [0.15, 0.2) is 0 Å². The highest BCUT2D eigenvalue weighted by Crippen LogP contribution is 2.34. The summed E-state index contributed by atoms with van der Waals surface area (Å²) in [6.07, 6.45) is 0. The molecule has 1 saturated heterocycles. The lowest BCUT2D eigenvalue weighted by atomic mass is 9.94. The summed E-state index contributed by atoms with van der Waals surface area (Å²) >= 11 is 5.94. The van der Waals surface area contributed by atoms with E-state index in [1.165, 1.54) is 11.1 Å². The molecule has 0 radical (unpaired) electrons. The molecule has 4 heteroatoms. The van der Waals surface area contributed by atoms with Gasteiger partial charge >= 0.3 is 0 Å². The van der Waals surface area contributed by atoms with E-state index in [9.17, 15) is 4.21 Å². The summed E-state index contributed by atoms with van der Waals surface area (Å²) in [6.45, 7) is 1.65. The first-order valence-corrected chi connectivity index (χ1v) is 10.3. The molecule has 3 aromatic rings. The minimum absolute atomic E-state index is 0.158. The molecule has 0 saturated carbocycles. The molecule has 0 spiro atoms. The van der Waals surface area contributed by atoms with Crippen LogP contribution in [-0.4, -0.2) is 27.4 Å². The lowest BCUT2D eigenvalue weighted by molar-refractivity contribution is 0.146. The highest BCUT2D eigenvalue weighted by atomic mass is 35.5. The van der Waals surface area contributed by atoms with Crippen molar-refractivity contribution in [2.75, 3.05) is 13.1 Å². The fourth-order valence-electron chi connectivity index (χ4n) is 3.46. The summed E-state index contributed by atoms with van der Waals surface area (Å²) in [5.74, 6) is 0. The molecule has 1 fully saturated rings. The predicted molar refractivity (Wildman–Crippen MR) is 108 cm³/mol. The van der Waals surface area contributed by atoms with Crippen molar-refractivity contribution in [1.29, 1.82) is 0 Å². The summed E-state index contributed by atoms with van der Waals surface area (Å²) in [4.78, 5) is 3.26. The molecule has 26 heavy (non-hydrogen) atoms. The maximum absolute atomic E-state index is 12.8. The molecule has 4 rings (SSSR count). The monoisotopic (exact) mass is 381 g/mol. The number of nitrogens with zero attached hydrogens (tertiary/aromatic N) is 1. The van der Waals surface area contributed by atoms with Crippen LogP contribution in [0.2, 0.25) is 5.02 Å². The Morgan fingerprint density at radius 2 is 1.31 bits per heavy atom. The molecule has 3 aromatic carbocycles. The van der Waals surface area contributed by atoms with Gasteiger partial charge in [0, 0.05) is 23.0 Å². The van der Waals surface area contributed by atoms with Crippen LogP contribution in [0, 0.1) is 0 Å². The zero-order valence-electron chi connectivity index (χ0n) is 14.3. The standard InChI is InChI=1S/C22H20ClNOS/c23-19-11-13-20(14-12-19)26(25)21-15-24(16-21)22(17-7-3-1-4-8-17)18-9-5-2-6-10-18/h1-14,21-22H,15-16H2. The number of hydrogen-bond donors (Lipinski definition) is 0. The second-order valence-corrected chi connectivity index (χ2v) is 8.72. The van der Waals surface area contributed by atoms with Crippen LogP contribution in [0.1, 0.15) is 17.2 Å². The van der Waals surface area contributed by atoms with Gasteiger partial charge in [-0.25, -0.2) is 0 Å². The Kier molecular flexibility index (Phi) is 5.21. The molecule has 1 heterocycles. The first-order valence-electron chi connectivity index (χ1n) is 8.72. The third-order valence-corrected chi connectivity index (χ3v) is 6.71. The maximum atomic E-state index is 12.8. The Morgan fingerprint density at radius 3 is 1.81 bits per heavy atom. The third kappa shape index (κ3) is 3.61. The van der Waals surface area contributed by atoms with Crippen molar-refractivity contribution in [1.82, 2.24) is 4.90 Å². The van der Waals surface area contributed by atoms with Gasteiger partial charge in [-0.05, 0) is 35.4 Å². The van der Waals surface area contributed by atoms with Crippen LogP contribution < -0.4 is 0 Å². The third-order valence-electron chi connectivity index (χ3n) is 4.82. The van der Waals surface area contributed by atoms with Gasteiger partial charge in [0.2, 0.25) is 0 Å². The minimum Gasteiger partial charge on any atom is -0.290 e. The smallest absolute Gasteiger partial charge is 0.0649 e. The highest BCUT2D eigenvalue weighted by Gasteiger charge is 2.37. The van der Waals surface area contributed by atoms with E-state index in [4.69, 9.17) is 11.6 Å². The van der Waals surface area contributed by atoms with E-state index in [1.807, 2.05) is 36.4 Å². The van der Waals surface area contributed by atoms with E-state index in [0.717, 1.165) is 18.0 Å². The van der Waals surface area contributed by atoms with E-state index in [0.29, 0.717) is 5.02 Å². The molecule has 0 bridgehead atoms. The number of likely N-dealkylation sites (tertiary alicyclic amines) is 1. The molecule has 2 nitrogen and oxygen atoms in total. The van der Waals surface area contributed by atoms with Crippen molar-refractivity contribution in [2.45, 2.75) is 16.2 Å². The van der Waals surface area contributed by atoms with Crippen molar-refractivity contribution >= 4 is 22.4 Å². The Bertz CT molecular complexity index is 838. The van der Waals surface area contributed by atoms with Crippen molar-refractivity contribution in [3.05, 3.63) is 101 Å². The zero-order valence-corrected chi connectivity index (χ0v) is 15.9. The van der Waals surface area contributed by atoms with E-state index in [1.54, 1.807) is 0 Å². The second-order valence-electron chi connectivity index (χ2n) is 6.55. The second kappa shape index (κ2) is 7.75. The molecule has 1 unspecified atom stereocenters. The molecule has 0 aliphatic carbocycles. The predicted octanol–water partition coefficient (Wildman–Crippen LogP) is 4.92. The fourth-order valence-corrected chi connectivity index (χ4v) is 5.03. The van der Waals surface area contributed by atoms with Crippen LogP contribution in [-0.2, 0) is 10.8 Å². The number of benzene rings is 3. The molecule has 1 aliphatic heterocycles. The van der Waals surface area contributed by atoms with Crippen LogP contribution in [0.15, 0.2) is 89.8 Å². The highest BCUT2D eigenvalue weighted by molar-refractivity contribution is 7.85. The van der Waals surface area contributed by atoms with E-state index in [-0.39, 0.29) is 11.3 Å². The van der Waals surface area contributed by atoms with Crippen molar-refractivity contribution < 1.29 is 4.21 Å². The molecule has 0 N–H and O–H groups in total. The SMILES string of the molecule is O=S(c1ccc(Cl)cc1)C1CN(C(c2ccccc2)c2ccccc2)C1. The molecule has 132 valence electrons. The Hall–Kier alpha value is -1.94. The number of rotatable bonds is 5. The molecular formula is C22H20ClNOS.